The second-order valence-corrected chi connectivity index (χ2v) is 13.5. The van der Waals surface area contributed by atoms with Crippen molar-refractivity contribution in [1.82, 2.24) is 0 Å². The molecule has 226 valence electrons. The maximum absolute atomic E-state index is 14.9. The molecule has 3 rings (SSSR count). The summed E-state index contributed by atoms with van der Waals surface area (Å²) < 4.78 is 155. The van der Waals surface area contributed by atoms with Gasteiger partial charge in [0.1, 0.15) is 0 Å². The molecule has 0 aromatic heterocycles. The van der Waals surface area contributed by atoms with Crippen LogP contribution in [-0.4, -0.2) is 31.7 Å². The van der Waals surface area contributed by atoms with Gasteiger partial charge in [-0.2, -0.15) is 47.9 Å². The molecule has 0 aliphatic carbocycles. The summed E-state index contributed by atoms with van der Waals surface area (Å²) in [7, 11) is -11.2. The number of hydrogen-bond acceptors (Lipinski definition) is 3. The quantitative estimate of drug-likeness (QED) is 0.148. The zero-order chi connectivity index (χ0) is 30.7. The summed E-state index contributed by atoms with van der Waals surface area (Å²) >= 11 is 0. The first-order valence-corrected chi connectivity index (χ1v) is 15.1. The lowest BCUT2D eigenvalue weighted by Gasteiger charge is -2.41. The molecule has 14 heteroatoms. The molecule has 0 atom stereocenters. The van der Waals surface area contributed by atoms with Crippen LogP contribution in [-0.2, 0) is 20.2 Å². The van der Waals surface area contributed by atoms with E-state index in [1.807, 2.05) is 6.92 Å². The van der Waals surface area contributed by atoms with Crippen LogP contribution in [0.25, 0.3) is 0 Å². The lowest BCUT2D eigenvalue weighted by molar-refractivity contribution is -0.382. The molecule has 0 saturated carbocycles. The molecule has 0 aliphatic heterocycles. The molecule has 3 aromatic carbocycles. The Morgan fingerprint density at radius 3 is 1.46 bits per heavy atom. The molecule has 0 bridgehead atoms. The van der Waals surface area contributed by atoms with E-state index in [0.717, 1.165) is 24.8 Å². The molecule has 0 heterocycles. The second kappa shape index (κ2) is 11.9. The standard InChI is InChI=1S/C27H25F9O3S2/c1-2-3-6-11-20-16-18-23(19-17-20)40(21-12-7-4-8-13-21,22-14-9-5-10-15-22)39-41(37,38)27(35,36)25(30,31)24(28,29)26(32,33)34/h4-5,7-10,12-19H,2-3,6,11H2,1H3. The van der Waals surface area contributed by atoms with E-state index in [1.54, 1.807) is 12.1 Å². The highest BCUT2D eigenvalue weighted by Crippen LogP contribution is 2.71. The maximum atomic E-state index is 14.9. The zero-order valence-electron chi connectivity index (χ0n) is 21.4. The zero-order valence-corrected chi connectivity index (χ0v) is 23.0. The third-order valence-corrected chi connectivity index (χ3v) is 11.3. The van der Waals surface area contributed by atoms with Gasteiger partial charge in [0.05, 0.1) is 0 Å². The van der Waals surface area contributed by atoms with E-state index in [1.165, 1.54) is 72.8 Å². The van der Waals surface area contributed by atoms with Crippen LogP contribution in [0.5, 0.6) is 0 Å². The van der Waals surface area contributed by atoms with Gasteiger partial charge in [-0.15, -0.1) is 0 Å². The first-order chi connectivity index (χ1) is 19.0. The molecule has 0 radical (unpaired) electrons. The van der Waals surface area contributed by atoms with E-state index in [9.17, 15) is 47.9 Å². The maximum Gasteiger partial charge on any atom is 0.460 e. The fraction of sp³-hybridized carbons (Fsp3) is 0.333. The molecule has 0 aliphatic rings. The molecule has 0 saturated heterocycles. The van der Waals surface area contributed by atoms with Gasteiger partial charge in [0, 0.05) is 14.7 Å². The summed E-state index contributed by atoms with van der Waals surface area (Å²) in [6.45, 7) is 1.99. The van der Waals surface area contributed by atoms with Gasteiger partial charge in [0.15, 0.2) is 0 Å². The second-order valence-electron chi connectivity index (χ2n) is 8.97. The van der Waals surface area contributed by atoms with E-state index < -0.39 is 43.7 Å². The van der Waals surface area contributed by atoms with Crippen molar-refractivity contribution in [2.45, 2.75) is 70.6 Å². The Balaban J connectivity index is 2.28. The van der Waals surface area contributed by atoms with Crippen molar-refractivity contribution in [2.75, 3.05) is 0 Å². The summed E-state index contributed by atoms with van der Waals surface area (Å²) in [5.74, 6) is -14.9. The number of hydrogen-bond donors (Lipinski definition) is 0. The molecule has 3 nitrogen and oxygen atoms in total. The number of benzene rings is 3. The first-order valence-electron chi connectivity index (χ1n) is 12.1. The molecule has 0 amide bonds. The number of alkyl halides is 9. The predicted octanol–water partition coefficient (Wildman–Crippen LogP) is 9.39. The monoisotopic (exact) mass is 632 g/mol. The molecule has 0 unspecified atom stereocenters. The fourth-order valence-electron chi connectivity index (χ4n) is 3.87. The predicted molar refractivity (Wildman–Crippen MR) is 136 cm³/mol. The van der Waals surface area contributed by atoms with Gasteiger partial charge in [0.2, 0.25) is 0 Å². The first kappa shape index (κ1) is 32.8. The number of rotatable bonds is 12. The van der Waals surface area contributed by atoms with E-state index in [2.05, 4.69) is 0 Å². The average molecular weight is 633 g/mol. The van der Waals surface area contributed by atoms with Crippen molar-refractivity contribution in [3.63, 3.8) is 0 Å². The Bertz CT molecular complexity index is 1360. The summed E-state index contributed by atoms with van der Waals surface area (Å²) in [4.78, 5) is -0.371. The lowest BCUT2D eigenvalue weighted by atomic mass is 10.1. The van der Waals surface area contributed by atoms with Gasteiger partial charge in [0.25, 0.3) is 0 Å². The Hall–Kier alpha value is -2.71. The minimum absolute atomic E-state index is 0.112. The van der Waals surface area contributed by atoms with Crippen molar-refractivity contribution in [3.8, 4) is 0 Å². The molecule has 41 heavy (non-hydrogen) atoms. The van der Waals surface area contributed by atoms with Gasteiger partial charge in [-0.05, 0) is 65.1 Å². The highest BCUT2D eigenvalue weighted by Gasteiger charge is 2.86. The third kappa shape index (κ3) is 5.96. The van der Waals surface area contributed by atoms with Crippen LogP contribution in [0.1, 0.15) is 31.7 Å². The highest BCUT2D eigenvalue weighted by molar-refractivity contribution is 8.33. The SMILES string of the molecule is CCCCCc1ccc(S(OS(=O)(=O)C(F)(F)C(F)(F)C(F)(F)C(F)(F)F)(c2ccccc2)c2ccccc2)cc1. The van der Waals surface area contributed by atoms with Crippen molar-refractivity contribution >= 4 is 20.4 Å². The van der Waals surface area contributed by atoms with Gasteiger partial charge < -0.3 is 0 Å². The number of unbranched alkanes of at least 4 members (excludes halogenated alkanes) is 2. The largest absolute Gasteiger partial charge is 0.460 e. The van der Waals surface area contributed by atoms with E-state index >= 15 is 0 Å². The van der Waals surface area contributed by atoms with Crippen molar-refractivity contribution in [1.29, 1.82) is 0 Å². The highest BCUT2D eigenvalue weighted by atomic mass is 32.3. The summed E-state index contributed by atoms with van der Waals surface area (Å²) in [5, 5.41) is -7.01. The van der Waals surface area contributed by atoms with Crippen LogP contribution in [0.15, 0.2) is 99.6 Å². The van der Waals surface area contributed by atoms with Gasteiger partial charge in [-0.1, -0.05) is 68.3 Å². The number of aryl methyl sites for hydroxylation is 1. The van der Waals surface area contributed by atoms with Crippen LogP contribution in [0.3, 0.4) is 0 Å². The van der Waals surface area contributed by atoms with E-state index in [-0.39, 0.29) is 14.7 Å². The molecule has 0 spiro atoms. The summed E-state index contributed by atoms with van der Waals surface area (Å²) in [6.07, 6.45) is -3.98. The van der Waals surface area contributed by atoms with Gasteiger partial charge in [-0.25, -0.2) is 3.63 Å². The summed E-state index contributed by atoms with van der Waals surface area (Å²) in [6, 6.07) is 19.1. The Kier molecular flexibility index (Phi) is 9.51. The van der Waals surface area contributed by atoms with E-state index in [0.29, 0.717) is 6.42 Å². The number of halogens is 9. The Morgan fingerprint density at radius 1 is 0.610 bits per heavy atom. The lowest BCUT2D eigenvalue weighted by Crippen LogP contribution is -2.63. The Labute approximate surface area is 233 Å². The molecule has 0 N–H and O–H groups in total. The van der Waals surface area contributed by atoms with Crippen LogP contribution >= 0.6 is 10.3 Å². The summed E-state index contributed by atoms with van der Waals surface area (Å²) in [5.41, 5.74) is 0.765. The average Bonchev–Trinajstić information content (AvgIpc) is 2.92. The van der Waals surface area contributed by atoms with Crippen LogP contribution < -0.4 is 0 Å². The minimum Gasteiger partial charge on any atom is -0.202 e. The minimum atomic E-state index is -7.43. The smallest absolute Gasteiger partial charge is 0.202 e. The van der Waals surface area contributed by atoms with Crippen LogP contribution in [0.4, 0.5) is 39.5 Å². The topological polar surface area (TPSA) is 43.4 Å². The van der Waals surface area contributed by atoms with Crippen molar-refractivity contribution in [3.05, 3.63) is 90.5 Å². The van der Waals surface area contributed by atoms with Gasteiger partial charge in [-0.3, -0.25) is 0 Å². The van der Waals surface area contributed by atoms with E-state index in [4.69, 9.17) is 3.63 Å². The van der Waals surface area contributed by atoms with Crippen molar-refractivity contribution in [2.24, 2.45) is 0 Å². The van der Waals surface area contributed by atoms with Crippen LogP contribution in [0, 0.1) is 0 Å². The fourth-order valence-corrected chi connectivity index (χ4v) is 9.09. The van der Waals surface area contributed by atoms with Gasteiger partial charge >= 0.3 is 33.4 Å². The molecule has 3 aromatic rings. The van der Waals surface area contributed by atoms with Crippen LogP contribution in [0.2, 0.25) is 0 Å². The van der Waals surface area contributed by atoms with Crippen molar-refractivity contribution < 1.29 is 51.6 Å². The molecular weight excluding hydrogens is 607 g/mol. The third-order valence-electron chi connectivity index (χ3n) is 6.10. The molecular formula is C27H25F9O3S2. The molecule has 0 fully saturated rings. The normalized spacial score (nSPS) is 14.2. The Morgan fingerprint density at radius 2 is 1.05 bits per heavy atom.